The summed E-state index contributed by atoms with van der Waals surface area (Å²) in [5.41, 5.74) is -1.10. The molecule has 1 amide bonds. The van der Waals surface area contributed by atoms with Gasteiger partial charge >= 0.3 is 0 Å². The molecule has 0 radical (unpaired) electrons. The monoisotopic (exact) mass is 297 g/mol. The Hall–Kier alpha value is -1.66. The molecule has 1 aliphatic heterocycles. The predicted octanol–water partition coefficient (Wildman–Crippen LogP) is 1.20. The van der Waals surface area contributed by atoms with Gasteiger partial charge in [0.15, 0.2) is 0 Å². The van der Waals surface area contributed by atoms with Gasteiger partial charge in [-0.1, -0.05) is 6.07 Å². The van der Waals surface area contributed by atoms with E-state index >= 15 is 0 Å². The van der Waals surface area contributed by atoms with Crippen LogP contribution in [0.5, 0.6) is 5.75 Å². The van der Waals surface area contributed by atoms with Gasteiger partial charge in [-0.2, -0.15) is 0 Å². The highest BCUT2D eigenvalue weighted by Gasteiger charge is 2.38. The number of carbonyl (C=O) groups is 1. The van der Waals surface area contributed by atoms with Gasteiger partial charge in [0.25, 0.3) is 0 Å². The van der Waals surface area contributed by atoms with Crippen molar-refractivity contribution in [3.8, 4) is 5.75 Å². The van der Waals surface area contributed by atoms with Crippen molar-refractivity contribution in [3.05, 3.63) is 30.1 Å². The molecule has 0 bridgehead atoms. The highest BCUT2D eigenvalue weighted by molar-refractivity contribution is 5.77. The summed E-state index contributed by atoms with van der Waals surface area (Å²) in [5, 5.41) is 10.4. The molecule has 1 heterocycles. The quantitative estimate of drug-likeness (QED) is 0.857. The van der Waals surface area contributed by atoms with Gasteiger partial charge in [0, 0.05) is 19.2 Å². The largest absolute Gasteiger partial charge is 0.490 e. The van der Waals surface area contributed by atoms with Crippen LogP contribution in [-0.2, 0) is 9.53 Å². The first-order valence-electron chi connectivity index (χ1n) is 6.99. The minimum atomic E-state index is -1.10. The number of likely N-dealkylation sites (tertiary alicyclic amines) is 1. The molecule has 0 saturated carbocycles. The van der Waals surface area contributed by atoms with Crippen LogP contribution in [0.15, 0.2) is 24.3 Å². The maximum atomic E-state index is 13.0. The Morgan fingerprint density at radius 1 is 1.52 bits per heavy atom. The van der Waals surface area contributed by atoms with Crippen LogP contribution in [0.25, 0.3) is 0 Å². The standard InChI is InChI=1S/C15H20FNO4/c1-2-20-9-14(18)17-7-6-15(19,10-17)11-21-13-5-3-4-12(16)8-13/h3-5,8,19H,2,6-7,9-11H2,1H3. The number of aliphatic hydroxyl groups is 1. The number of ether oxygens (including phenoxy) is 2. The average Bonchev–Trinajstić information content (AvgIpc) is 2.86. The van der Waals surface area contributed by atoms with Crippen molar-refractivity contribution in [1.82, 2.24) is 4.90 Å². The van der Waals surface area contributed by atoms with Gasteiger partial charge in [0.05, 0.1) is 6.54 Å². The topological polar surface area (TPSA) is 59.0 Å². The summed E-state index contributed by atoms with van der Waals surface area (Å²) in [6.45, 7) is 3.02. The lowest BCUT2D eigenvalue weighted by Gasteiger charge is -2.23. The molecule has 0 aliphatic carbocycles. The van der Waals surface area contributed by atoms with E-state index in [0.717, 1.165) is 0 Å². The Kier molecular flexibility index (Phi) is 5.14. The second kappa shape index (κ2) is 6.87. The van der Waals surface area contributed by atoms with E-state index in [1.807, 2.05) is 6.92 Å². The first-order chi connectivity index (χ1) is 10.0. The Labute approximate surface area is 123 Å². The SMILES string of the molecule is CCOCC(=O)N1CCC(O)(COc2cccc(F)c2)C1. The van der Waals surface area contributed by atoms with E-state index in [-0.39, 0.29) is 31.5 Å². The van der Waals surface area contributed by atoms with Gasteiger partial charge in [-0.3, -0.25) is 4.79 Å². The van der Waals surface area contributed by atoms with Crippen molar-refractivity contribution in [1.29, 1.82) is 0 Å². The van der Waals surface area contributed by atoms with Crippen LogP contribution < -0.4 is 4.74 Å². The maximum Gasteiger partial charge on any atom is 0.248 e. The van der Waals surface area contributed by atoms with Crippen LogP contribution >= 0.6 is 0 Å². The van der Waals surface area contributed by atoms with Crippen LogP contribution in [0.2, 0.25) is 0 Å². The molecule has 1 atom stereocenters. The highest BCUT2D eigenvalue weighted by Crippen LogP contribution is 2.23. The molecule has 1 saturated heterocycles. The Balaban J connectivity index is 1.85. The molecule has 1 aliphatic rings. The number of hydrogen-bond acceptors (Lipinski definition) is 4. The number of halogens is 1. The minimum Gasteiger partial charge on any atom is -0.490 e. The van der Waals surface area contributed by atoms with Gasteiger partial charge in [0.2, 0.25) is 5.91 Å². The molecule has 21 heavy (non-hydrogen) atoms. The fraction of sp³-hybridized carbons (Fsp3) is 0.533. The zero-order valence-corrected chi connectivity index (χ0v) is 12.0. The minimum absolute atomic E-state index is 0.0227. The number of β-amino-alcohol motifs (C(OH)–C–C–N with tert-alkyl or cyclic N) is 1. The third-order valence-corrected chi connectivity index (χ3v) is 3.42. The van der Waals surface area contributed by atoms with E-state index in [2.05, 4.69) is 0 Å². The fourth-order valence-electron chi connectivity index (χ4n) is 2.24. The summed E-state index contributed by atoms with van der Waals surface area (Å²) in [7, 11) is 0. The summed E-state index contributed by atoms with van der Waals surface area (Å²) in [5.74, 6) is -0.166. The van der Waals surface area contributed by atoms with Crippen molar-refractivity contribution in [2.75, 3.05) is 32.9 Å². The Morgan fingerprint density at radius 3 is 3.05 bits per heavy atom. The van der Waals surface area contributed by atoms with E-state index in [1.165, 1.54) is 12.1 Å². The van der Waals surface area contributed by atoms with E-state index in [9.17, 15) is 14.3 Å². The van der Waals surface area contributed by atoms with Gasteiger partial charge in [-0.25, -0.2) is 4.39 Å². The molecule has 2 rings (SSSR count). The number of amides is 1. The van der Waals surface area contributed by atoms with Crippen molar-refractivity contribution in [3.63, 3.8) is 0 Å². The fourth-order valence-corrected chi connectivity index (χ4v) is 2.24. The molecule has 1 unspecified atom stereocenters. The molecule has 116 valence electrons. The highest BCUT2D eigenvalue weighted by atomic mass is 19.1. The molecule has 1 fully saturated rings. The van der Waals surface area contributed by atoms with Crippen molar-refractivity contribution in [2.24, 2.45) is 0 Å². The maximum absolute atomic E-state index is 13.0. The third-order valence-electron chi connectivity index (χ3n) is 3.42. The van der Waals surface area contributed by atoms with Crippen LogP contribution in [0.4, 0.5) is 4.39 Å². The lowest BCUT2D eigenvalue weighted by Crippen LogP contribution is -2.41. The number of carbonyl (C=O) groups excluding carboxylic acids is 1. The molecule has 1 N–H and O–H groups in total. The summed E-state index contributed by atoms with van der Waals surface area (Å²) in [4.78, 5) is 13.4. The normalized spacial score (nSPS) is 21.6. The lowest BCUT2D eigenvalue weighted by atomic mass is 10.1. The summed E-state index contributed by atoms with van der Waals surface area (Å²) in [6, 6.07) is 5.75. The molecule has 6 heteroatoms. The number of nitrogens with zero attached hydrogens (tertiary/aromatic N) is 1. The van der Waals surface area contributed by atoms with Crippen LogP contribution in [0.1, 0.15) is 13.3 Å². The van der Waals surface area contributed by atoms with Crippen LogP contribution in [0, 0.1) is 5.82 Å². The summed E-state index contributed by atoms with van der Waals surface area (Å²) < 4.78 is 23.5. The third kappa shape index (κ3) is 4.41. The molecule has 0 spiro atoms. The smallest absolute Gasteiger partial charge is 0.248 e. The molecular weight excluding hydrogens is 277 g/mol. The Bertz CT molecular complexity index is 496. The summed E-state index contributed by atoms with van der Waals surface area (Å²) >= 11 is 0. The summed E-state index contributed by atoms with van der Waals surface area (Å²) in [6.07, 6.45) is 0.431. The molecular formula is C15H20FNO4. The van der Waals surface area contributed by atoms with E-state index < -0.39 is 5.60 Å². The first-order valence-corrected chi connectivity index (χ1v) is 6.99. The molecule has 5 nitrogen and oxygen atoms in total. The molecule has 1 aromatic carbocycles. The Morgan fingerprint density at radius 2 is 2.33 bits per heavy atom. The second-order valence-electron chi connectivity index (χ2n) is 5.17. The predicted molar refractivity (Wildman–Crippen MR) is 74.5 cm³/mol. The number of hydrogen-bond donors (Lipinski definition) is 1. The van der Waals surface area contributed by atoms with Crippen molar-refractivity contribution in [2.45, 2.75) is 18.9 Å². The molecule has 1 aromatic rings. The zero-order valence-electron chi connectivity index (χ0n) is 12.0. The van der Waals surface area contributed by atoms with Crippen molar-refractivity contribution >= 4 is 5.91 Å². The van der Waals surface area contributed by atoms with Crippen LogP contribution in [0.3, 0.4) is 0 Å². The first kappa shape index (κ1) is 15.7. The lowest BCUT2D eigenvalue weighted by molar-refractivity contribution is -0.136. The van der Waals surface area contributed by atoms with Crippen molar-refractivity contribution < 1.29 is 23.8 Å². The number of rotatable bonds is 6. The number of benzene rings is 1. The van der Waals surface area contributed by atoms with Gasteiger partial charge in [0.1, 0.15) is 30.4 Å². The van der Waals surface area contributed by atoms with E-state index in [1.54, 1.807) is 17.0 Å². The molecule has 0 aromatic heterocycles. The van der Waals surface area contributed by atoms with E-state index in [4.69, 9.17) is 9.47 Å². The zero-order chi connectivity index (χ0) is 15.3. The van der Waals surface area contributed by atoms with Gasteiger partial charge in [-0.05, 0) is 25.5 Å². The average molecular weight is 297 g/mol. The van der Waals surface area contributed by atoms with E-state index in [0.29, 0.717) is 25.3 Å². The second-order valence-corrected chi connectivity index (χ2v) is 5.17. The van der Waals surface area contributed by atoms with Crippen LogP contribution in [-0.4, -0.2) is 54.4 Å². The van der Waals surface area contributed by atoms with Gasteiger partial charge in [-0.15, -0.1) is 0 Å². The van der Waals surface area contributed by atoms with Gasteiger partial charge < -0.3 is 19.5 Å².